The average molecular weight is 276 g/mol. The maximum atomic E-state index is 12.1. The summed E-state index contributed by atoms with van der Waals surface area (Å²) in [6.45, 7) is 3.66. The Balaban J connectivity index is 2.27. The van der Waals surface area contributed by atoms with Crippen molar-refractivity contribution in [2.45, 2.75) is 13.8 Å². The van der Waals surface area contributed by atoms with Crippen molar-refractivity contribution in [2.24, 2.45) is 0 Å². The topological polar surface area (TPSA) is 49.3 Å². The molecule has 19 heavy (non-hydrogen) atoms. The van der Waals surface area contributed by atoms with Crippen molar-refractivity contribution in [3.63, 3.8) is 0 Å². The van der Waals surface area contributed by atoms with Crippen LogP contribution in [0.15, 0.2) is 36.4 Å². The predicted octanol–water partition coefficient (Wildman–Crippen LogP) is 3.91. The first-order chi connectivity index (χ1) is 8.99. The molecule has 4 heteroatoms. The van der Waals surface area contributed by atoms with E-state index in [1.165, 1.54) is 0 Å². The van der Waals surface area contributed by atoms with Gasteiger partial charge in [0.2, 0.25) is 0 Å². The number of carbonyl (C=O) groups is 1. The van der Waals surface area contributed by atoms with Gasteiger partial charge in [-0.3, -0.25) is 4.79 Å². The Morgan fingerprint density at radius 3 is 2.58 bits per heavy atom. The zero-order valence-corrected chi connectivity index (χ0v) is 11.5. The van der Waals surface area contributed by atoms with Gasteiger partial charge in [-0.1, -0.05) is 17.7 Å². The minimum atomic E-state index is -0.226. The highest BCUT2D eigenvalue weighted by Crippen LogP contribution is 2.26. The van der Waals surface area contributed by atoms with Gasteiger partial charge in [0.25, 0.3) is 5.91 Å². The van der Waals surface area contributed by atoms with Gasteiger partial charge in [-0.2, -0.15) is 0 Å². The van der Waals surface area contributed by atoms with Crippen molar-refractivity contribution < 1.29 is 9.90 Å². The van der Waals surface area contributed by atoms with Crippen LogP contribution in [0.1, 0.15) is 21.5 Å². The normalized spacial score (nSPS) is 10.3. The Labute approximate surface area is 116 Å². The number of carbonyl (C=O) groups excluding carboxylic acids is 1. The molecule has 98 valence electrons. The SMILES string of the molecule is Cc1c(O)ccc(NC(=O)c2cccc(Cl)c2)c1C. The molecule has 0 aromatic heterocycles. The third-order valence-corrected chi connectivity index (χ3v) is 3.33. The van der Waals surface area contributed by atoms with E-state index >= 15 is 0 Å². The van der Waals surface area contributed by atoms with E-state index in [1.54, 1.807) is 43.3 Å². The van der Waals surface area contributed by atoms with Crippen molar-refractivity contribution in [1.29, 1.82) is 0 Å². The lowest BCUT2D eigenvalue weighted by atomic mass is 10.1. The van der Waals surface area contributed by atoms with Crippen molar-refractivity contribution in [3.8, 4) is 5.75 Å². The van der Waals surface area contributed by atoms with Gasteiger partial charge in [-0.25, -0.2) is 0 Å². The van der Waals surface area contributed by atoms with E-state index in [0.717, 1.165) is 11.1 Å². The Morgan fingerprint density at radius 1 is 1.16 bits per heavy atom. The summed E-state index contributed by atoms with van der Waals surface area (Å²) in [7, 11) is 0. The van der Waals surface area contributed by atoms with Crippen molar-refractivity contribution in [1.82, 2.24) is 0 Å². The highest BCUT2D eigenvalue weighted by molar-refractivity contribution is 6.31. The molecule has 0 aliphatic heterocycles. The fraction of sp³-hybridized carbons (Fsp3) is 0.133. The van der Waals surface area contributed by atoms with Gasteiger partial charge < -0.3 is 10.4 Å². The minimum Gasteiger partial charge on any atom is -0.508 e. The molecule has 2 aromatic rings. The van der Waals surface area contributed by atoms with Crippen molar-refractivity contribution in [3.05, 3.63) is 58.1 Å². The van der Waals surface area contributed by atoms with Gasteiger partial charge in [0.15, 0.2) is 0 Å². The fourth-order valence-corrected chi connectivity index (χ4v) is 1.96. The standard InChI is InChI=1S/C15H14ClNO2/c1-9-10(2)14(18)7-6-13(9)17-15(19)11-4-3-5-12(16)8-11/h3-8,18H,1-2H3,(H,17,19). The smallest absolute Gasteiger partial charge is 0.255 e. The molecule has 1 amide bonds. The lowest BCUT2D eigenvalue weighted by Gasteiger charge is -2.11. The van der Waals surface area contributed by atoms with E-state index in [-0.39, 0.29) is 11.7 Å². The largest absolute Gasteiger partial charge is 0.508 e. The average Bonchev–Trinajstić information content (AvgIpc) is 2.39. The molecule has 0 spiro atoms. The van der Waals surface area contributed by atoms with Gasteiger partial charge in [0, 0.05) is 16.3 Å². The predicted molar refractivity (Wildman–Crippen MR) is 77.0 cm³/mol. The summed E-state index contributed by atoms with van der Waals surface area (Å²) in [5, 5.41) is 12.9. The number of aromatic hydroxyl groups is 1. The van der Waals surface area contributed by atoms with E-state index in [9.17, 15) is 9.90 Å². The van der Waals surface area contributed by atoms with Crippen LogP contribution in [0, 0.1) is 13.8 Å². The number of halogens is 1. The van der Waals surface area contributed by atoms with Crippen LogP contribution >= 0.6 is 11.6 Å². The molecular formula is C15H14ClNO2. The molecule has 0 saturated heterocycles. The number of rotatable bonds is 2. The molecule has 0 aliphatic carbocycles. The van der Waals surface area contributed by atoms with E-state index in [1.807, 2.05) is 6.92 Å². The van der Waals surface area contributed by atoms with Gasteiger partial charge in [0.05, 0.1) is 0 Å². The Hall–Kier alpha value is -2.00. The molecular weight excluding hydrogens is 262 g/mol. The molecule has 0 bridgehead atoms. The highest BCUT2D eigenvalue weighted by Gasteiger charge is 2.10. The molecule has 0 radical (unpaired) electrons. The summed E-state index contributed by atoms with van der Waals surface area (Å²) < 4.78 is 0. The second kappa shape index (κ2) is 5.33. The molecule has 0 heterocycles. The Kier molecular flexibility index (Phi) is 3.76. The molecule has 0 fully saturated rings. The number of phenolic OH excluding ortho intramolecular Hbond substituents is 1. The molecule has 0 unspecified atom stereocenters. The van der Waals surface area contributed by atoms with E-state index < -0.39 is 0 Å². The van der Waals surface area contributed by atoms with Crippen LogP contribution in [0.4, 0.5) is 5.69 Å². The molecule has 0 saturated carbocycles. The molecule has 2 rings (SSSR count). The second-order valence-corrected chi connectivity index (χ2v) is 4.78. The maximum absolute atomic E-state index is 12.1. The van der Waals surface area contributed by atoms with Gasteiger partial charge in [-0.05, 0) is 55.3 Å². The van der Waals surface area contributed by atoms with Crippen LogP contribution in [0.25, 0.3) is 0 Å². The number of anilines is 1. The minimum absolute atomic E-state index is 0.221. The number of hydrogen-bond acceptors (Lipinski definition) is 2. The van der Waals surface area contributed by atoms with E-state index in [2.05, 4.69) is 5.32 Å². The van der Waals surface area contributed by atoms with Crippen molar-refractivity contribution in [2.75, 3.05) is 5.32 Å². The lowest BCUT2D eigenvalue weighted by Crippen LogP contribution is -2.13. The summed E-state index contributed by atoms with van der Waals surface area (Å²) in [5.74, 6) is -0.00561. The lowest BCUT2D eigenvalue weighted by molar-refractivity contribution is 0.102. The first-order valence-corrected chi connectivity index (χ1v) is 6.23. The van der Waals surface area contributed by atoms with Gasteiger partial charge in [0.1, 0.15) is 5.75 Å². The summed E-state index contributed by atoms with van der Waals surface area (Å²) in [5.41, 5.74) is 2.78. The Bertz CT molecular complexity index is 638. The number of hydrogen-bond donors (Lipinski definition) is 2. The summed E-state index contributed by atoms with van der Waals surface area (Å²) in [4.78, 5) is 12.1. The number of amides is 1. The summed E-state index contributed by atoms with van der Waals surface area (Å²) in [6.07, 6.45) is 0. The van der Waals surface area contributed by atoms with Crippen molar-refractivity contribution >= 4 is 23.2 Å². The summed E-state index contributed by atoms with van der Waals surface area (Å²) in [6, 6.07) is 10.00. The maximum Gasteiger partial charge on any atom is 0.255 e. The quantitative estimate of drug-likeness (QED) is 0.816. The van der Waals surface area contributed by atoms with Crippen LogP contribution in [0.5, 0.6) is 5.75 Å². The Morgan fingerprint density at radius 2 is 1.89 bits per heavy atom. The van der Waals surface area contributed by atoms with Crippen LogP contribution < -0.4 is 5.32 Å². The summed E-state index contributed by atoms with van der Waals surface area (Å²) >= 11 is 5.86. The third kappa shape index (κ3) is 2.88. The third-order valence-electron chi connectivity index (χ3n) is 3.09. The fourth-order valence-electron chi connectivity index (χ4n) is 1.77. The zero-order valence-electron chi connectivity index (χ0n) is 10.7. The molecule has 2 aromatic carbocycles. The second-order valence-electron chi connectivity index (χ2n) is 4.35. The monoisotopic (exact) mass is 275 g/mol. The first kappa shape index (κ1) is 13.4. The number of benzene rings is 2. The van der Waals surface area contributed by atoms with Crippen LogP contribution in [-0.4, -0.2) is 11.0 Å². The van der Waals surface area contributed by atoms with Crippen LogP contribution in [-0.2, 0) is 0 Å². The van der Waals surface area contributed by atoms with Crippen LogP contribution in [0.3, 0.4) is 0 Å². The van der Waals surface area contributed by atoms with E-state index in [0.29, 0.717) is 16.3 Å². The number of phenols is 1. The molecule has 0 aliphatic rings. The molecule has 3 nitrogen and oxygen atoms in total. The van der Waals surface area contributed by atoms with Crippen LogP contribution in [0.2, 0.25) is 5.02 Å². The molecule has 2 N–H and O–H groups in total. The zero-order chi connectivity index (χ0) is 14.0. The number of nitrogens with one attached hydrogen (secondary N) is 1. The highest BCUT2D eigenvalue weighted by atomic mass is 35.5. The molecule has 0 atom stereocenters. The van der Waals surface area contributed by atoms with E-state index in [4.69, 9.17) is 11.6 Å². The van der Waals surface area contributed by atoms with Gasteiger partial charge >= 0.3 is 0 Å². The van der Waals surface area contributed by atoms with Gasteiger partial charge in [-0.15, -0.1) is 0 Å². The first-order valence-electron chi connectivity index (χ1n) is 5.85.